The fourth-order valence-electron chi connectivity index (χ4n) is 2.26. The normalized spacial score (nSPS) is 10.6. The molecule has 0 atom stereocenters. The van der Waals surface area contributed by atoms with Crippen molar-refractivity contribution in [3.8, 4) is 5.75 Å². The van der Waals surface area contributed by atoms with Crippen molar-refractivity contribution in [2.75, 3.05) is 25.5 Å². The molecule has 0 aliphatic heterocycles. The first-order chi connectivity index (χ1) is 11.1. The fourth-order valence-corrected chi connectivity index (χ4v) is 2.26. The lowest BCUT2D eigenvalue weighted by atomic mass is 10.2. The monoisotopic (exact) mass is 316 g/mol. The zero-order chi connectivity index (χ0) is 16.7. The second kappa shape index (κ2) is 8.29. The molecule has 2 aromatic rings. The van der Waals surface area contributed by atoms with Crippen LogP contribution in [-0.4, -0.2) is 31.0 Å². The summed E-state index contributed by atoms with van der Waals surface area (Å²) < 4.78 is 18.4. The van der Waals surface area contributed by atoms with E-state index in [1.165, 1.54) is 24.3 Å². The number of nitrogens with zero attached hydrogens (tertiary/aromatic N) is 1. The summed E-state index contributed by atoms with van der Waals surface area (Å²) in [4.78, 5) is 13.9. The van der Waals surface area contributed by atoms with E-state index >= 15 is 0 Å². The molecule has 0 heterocycles. The summed E-state index contributed by atoms with van der Waals surface area (Å²) in [6.07, 6.45) is 0. The number of anilines is 1. The van der Waals surface area contributed by atoms with E-state index in [4.69, 9.17) is 4.74 Å². The van der Waals surface area contributed by atoms with Crippen molar-refractivity contribution in [2.24, 2.45) is 0 Å². The number of carbonyl (C=O) groups excluding carboxylic acids is 1. The van der Waals surface area contributed by atoms with Crippen LogP contribution in [0.3, 0.4) is 0 Å². The van der Waals surface area contributed by atoms with Crippen LogP contribution in [0.15, 0.2) is 48.5 Å². The van der Waals surface area contributed by atoms with Crippen molar-refractivity contribution in [1.82, 2.24) is 4.90 Å². The van der Waals surface area contributed by atoms with Crippen LogP contribution in [-0.2, 0) is 11.3 Å². The Balaban J connectivity index is 1.90. The SMILES string of the molecule is CCOc1ccccc1CN(C)CC(=O)Nc1ccc(F)cc1. The molecule has 2 rings (SSSR count). The minimum absolute atomic E-state index is 0.145. The van der Waals surface area contributed by atoms with Crippen LogP contribution in [0.4, 0.5) is 10.1 Å². The minimum Gasteiger partial charge on any atom is -0.494 e. The van der Waals surface area contributed by atoms with Gasteiger partial charge in [0.05, 0.1) is 13.2 Å². The lowest BCUT2D eigenvalue weighted by Crippen LogP contribution is -2.30. The molecule has 0 fully saturated rings. The number of benzene rings is 2. The van der Waals surface area contributed by atoms with E-state index in [2.05, 4.69) is 5.32 Å². The Morgan fingerprint density at radius 2 is 1.87 bits per heavy atom. The summed E-state index contributed by atoms with van der Waals surface area (Å²) in [6, 6.07) is 13.5. The summed E-state index contributed by atoms with van der Waals surface area (Å²) in [5.74, 6) is 0.362. The topological polar surface area (TPSA) is 41.6 Å². The van der Waals surface area contributed by atoms with E-state index in [0.717, 1.165) is 11.3 Å². The molecule has 0 spiro atoms. The summed E-state index contributed by atoms with van der Waals surface area (Å²) >= 11 is 0. The highest BCUT2D eigenvalue weighted by Gasteiger charge is 2.10. The van der Waals surface area contributed by atoms with Gasteiger partial charge in [0.15, 0.2) is 0 Å². The molecule has 0 saturated heterocycles. The molecule has 0 bridgehead atoms. The van der Waals surface area contributed by atoms with Crippen molar-refractivity contribution >= 4 is 11.6 Å². The van der Waals surface area contributed by atoms with E-state index in [-0.39, 0.29) is 18.3 Å². The molecule has 0 unspecified atom stereocenters. The maximum Gasteiger partial charge on any atom is 0.238 e. The Hall–Kier alpha value is -2.40. The molecule has 0 saturated carbocycles. The Labute approximate surface area is 135 Å². The molecule has 0 aliphatic rings. The van der Waals surface area contributed by atoms with Crippen LogP contribution in [0.2, 0.25) is 0 Å². The Bertz CT molecular complexity index is 644. The molecule has 5 heteroatoms. The molecule has 1 amide bonds. The number of rotatable bonds is 7. The molecular formula is C18H21FN2O2. The van der Waals surface area contributed by atoms with Gasteiger partial charge in [0, 0.05) is 17.8 Å². The zero-order valence-electron chi connectivity index (χ0n) is 13.4. The number of halogens is 1. The molecule has 4 nitrogen and oxygen atoms in total. The average Bonchev–Trinajstić information content (AvgIpc) is 2.51. The van der Waals surface area contributed by atoms with Gasteiger partial charge in [0.1, 0.15) is 11.6 Å². The van der Waals surface area contributed by atoms with Crippen LogP contribution in [0.25, 0.3) is 0 Å². The maximum atomic E-state index is 12.8. The summed E-state index contributed by atoms with van der Waals surface area (Å²) in [7, 11) is 1.87. The quantitative estimate of drug-likeness (QED) is 0.852. The summed E-state index contributed by atoms with van der Waals surface area (Å²) in [5, 5.41) is 2.75. The van der Waals surface area contributed by atoms with Crippen LogP contribution in [0.5, 0.6) is 5.75 Å². The van der Waals surface area contributed by atoms with Gasteiger partial charge in [-0.25, -0.2) is 4.39 Å². The predicted octanol–water partition coefficient (Wildman–Crippen LogP) is 3.29. The van der Waals surface area contributed by atoms with Crippen LogP contribution >= 0.6 is 0 Å². The second-order valence-electron chi connectivity index (χ2n) is 5.27. The molecule has 23 heavy (non-hydrogen) atoms. The molecular weight excluding hydrogens is 295 g/mol. The van der Waals surface area contributed by atoms with Crippen molar-refractivity contribution in [3.63, 3.8) is 0 Å². The van der Waals surface area contributed by atoms with Crippen LogP contribution < -0.4 is 10.1 Å². The van der Waals surface area contributed by atoms with Crippen molar-refractivity contribution in [2.45, 2.75) is 13.5 Å². The number of amides is 1. The molecule has 0 aromatic heterocycles. The highest BCUT2D eigenvalue weighted by molar-refractivity contribution is 5.92. The standard InChI is InChI=1S/C18H21FN2O2/c1-3-23-17-7-5-4-6-14(17)12-21(2)13-18(22)20-16-10-8-15(19)9-11-16/h4-11H,3,12-13H2,1-2H3,(H,20,22). The van der Waals surface area contributed by atoms with E-state index in [1.54, 1.807) is 0 Å². The molecule has 122 valence electrons. The predicted molar refractivity (Wildman–Crippen MR) is 89.0 cm³/mol. The summed E-state index contributed by atoms with van der Waals surface area (Å²) in [6.45, 7) is 3.38. The minimum atomic E-state index is -0.326. The molecule has 0 aliphatic carbocycles. The van der Waals surface area contributed by atoms with E-state index < -0.39 is 0 Å². The largest absolute Gasteiger partial charge is 0.494 e. The lowest BCUT2D eigenvalue weighted by molar-refractivity contribution is -0.117. The number of ether oxygens (including phenoxy) is 1. The molecule has 1 N–H and O–H groups in total. The summed E-state index contributed by atoms with van der Waals surface area (Å²) in [5.41, 5.74) is 1.62. The van der Waals surface area contributed by atoms with Crippen molar-refractivity contribution < 1.29 is 13.9 Å². The fraction of sp³-hybridized carbons (Fsp3) is 0.278. The van der Waals surface area contributed by atoms with Crippen molar-refractivity contribution in [3.05, 3.63) is 59.9 Å². The third-order valence-electron chi connectivity index (χ3n) is 3.25. The van der Waals surface area contributed by atoms with Gasteiger partial charge in [-0.2, -0.15) is 0 Å². The highest BCUT2D eigenvalue weighted by atomic mass is 19.1. The van der Waals surface area contributed by atoms with E-state index in [9.17, 15) is 9.18 Å². The van der Waals surface area contributed by atoms with Gasteiger partial charge in [0.25, 0.3) is 0 Å². The highest BCUT2D eigenvalue weighted by Crippen LogP contribution is 2.19. The zero-order valence-corrected chi connectivity index (χ0v) is 13.4. The van der Waals surface area contributed by atoms with Gasteiger partial charge in [0.2, 0.25) is 5.91 Å². The molecule has 2 aromatic carbocycles. The second-order valence-corrected chi connectivity index (χ2v) is 5.27. The third-order valence-corrected chi connectivity index (χ3v) is 3.25. The van der Waals surface area contributed by atoms with Gasteiger partial charge >= 0.3 is 0 Å². The number of hydrogen-bond acceptors (Lipinski definition) is 3. The average molecular weight is 316 g/mol. The lowest BCUT2D eigenvalue weighted by Gasteiger charge is -2.18. The number of likely N-dealkylation sites (N-methyl/N-ethyl adjacent to an activating group) is 1. The Morgan fingerprint density at radius 1 is 1.17 bits per heavy atom. The maximum absolute atomic E-state index is 12.8. The first-order valence-corrected chi connectivity index (χ1v) is 7.53. The Morgan fingerprint density at radius 3 is 2.57 bits per heavy atom. The van der Waals surface area contributed by atoms with Crippen LogP contribution in [0.1, 0.15) is 12.5 Å². The molecule has 0 radical (unpaired) electrons. The Kier molecular flexibility index (Phi) is 6.11. The smallest absolute Gasteiger partial charge is 0.238 e. The van der Waals surface area contributed by atoms with Gasteiger partial charge in [-0.3, -0.25) is 9.69 Å². The van der Waals surface area contributed by atoms with Gasteiger partial charge < -0.3 is 10.1 Å². The first kappa shape index (κ1) is 17.0. The van der Waals surface area contributed by atoms with Gasteiger partial charge in [-0.1, -0.05) is 18.2 Å². The first-order valence-electron chi connectivity index (χ1n) is 7.53. The number of carbonyl (C=O) groups is 1. The number of nitrogens with one attached hydrogen (secondary N) is 1. The van der Waals surface area contributed by atoms with E-state index in [1.807, 2.05) is 43.1 Å². The van der Waals surface area contributed by atoms with Crippen molar-refractivity contribution in [1.29, 1.82) is 0 Å². The van der Waals surface area contributed by atoms with Crippen LogP contribution in [0, 0.1) is 5.82 Å². The number of hydrogen-bond donors (Lipinski definition) is 1. The van der Waals surface area contributed by atoms with Gasteiger partial charge in [-0.05, 0) is 44.3 Å². The van der Waals surface area contributed by atoms with Gasteiger partial charge in [-0.15, -0.1) is 0 Å². The number of para-hydroxylation sites is 1. The van der Waals surface area contributed by atoms with E-state index in [0.29, 0.717) is 18.8 Å². The third kappa shape index (κ3) is 5.38.